The Labute approximate surface area is 119 Å². The molecular weight excluding hydrogens is 279 g/mol. The summed E-state index contributed by atoms with van der Waals surface area (Å²) in [6.07, 6.45) is 2.73. The normalized spacial score (nSPS) is 10.2. The van der Waals surface area contributed by atoms with Crippen molar-refractivity contribution in [2.75, 3.05) is 17.3 Å². The topological polar surface area (TPSA) is 87.5 Å². The number of nitrogens with one attached hydrogen (secondary N) is 1. The minimum atomic E-state index is -1.03. The van der Waals surface area contributed by atoms with E-state index < -0.39 is 17.8 Å². The predicted octanol–water partition coefficient (Wildman–Crippen LogP) is 1.78. The zero-order valence-electron chi connectivity index (χ0n) is 11.2. The third-order valence-corrected chi connectivity index (χ3v) is 2.68. The Balaban J connectivity index is 2.03. The third-order valence-electron chi connectivity index (χ3n) is 2.68. The number of aliphatic carboxylic acids is 1. The van der Waals surface area contributed by atoms with Crippen LogP contribution in [0.3, 0.4) is 0 Å². The van der Waals surface area contributed by atoms with Gasteiger partial charge in [-0.2, -0.15) is 5.10 Å². The van der Waals surface area contributed by atoms with Gasteiger partial charge in [0.05, 0.1) is 11.9 Å². The van der Waals surface area contributed by atoms with Crippen LogP contribution < -0.4 is 10.2 Å². The van der Waals surface area contributed by atoms with Crippen LogP contribution >= 0.6 is 0 Å². The van der Waals surface area contributed by atoms with E-state index in [0.29, 0.717) is 11.4 Å². The van der Waals surface area contributed by atoms with Crippen molar-refractivity contribution in [3.63, 3.8) is 0 Å². The number of amides is 2. The molecule has 8 heteroatoms. The van der Waals surface area contributed by atoms with E-state index in [1.54, 1.807) is 6.07 Å². The monoisotopic (exact) mass is 292 g/mol. The van der Waals surface area contributed by atoms with Gasteiger partial charge < -0.3 is 10.4 Å². The van der Waals surface area contributed by atoms with Crippen molar-refractivity contribution in [3.05, 3.63) is 42.5 Å². The molecule has 21 heavy (non-hydrogen) atoms. The maximum atomic E-state index is 13.1. The molecule has 0 bridgehead atoms. The van der Waals surface area contributed by atoms with E-state index in [1.165, 1.54) is 47.2 Å². The lowest BCUT2D eigenvalue weighted by Gasteiger charge is -2.17. The fourth-order valence-corrected chi connectivity index (χ4v) is 1.66. The quantitative estimate of drug-likeness (QED) is 0.899. The molecule has 1 heterocycles. The van der Waals surface area contributed by atoms with E-state index in [-0.39, 0.29) is 6.54 Å². The van der Waals surface area contributed by atoms with Gasteiger partial charge in [0.1, 0.15) is 12.4 Å². The third kappa shape index (κ3) is 3.78. The molecule has 0 saturated heterocycles. The van der Waals surface area contributed by atoms with Crippen molar-refractivity contribution < 1.29 is 19.1 Å². The summed E-state index contributed by atoms with van der Waals surface area (Å²) < 4.78 is 14.3. The molecule has 2 rings (SSSR count). The molecular formula is C13H13FN4O3. The fourth-order valence-electron chi connectivity index (χ4n) is 1.66. The molecule has 0 atom stereocenters. The summed E-state index contributed by atoms with van der Waals surface area (Å²) in [5.41, 5.74) is 0.745. The number of nitrogens with zero attached hydrogens (tertiary/aromatic N) is 3. The molecule has 110 valence electrons. The number of benzene rings is 1. The van der Waals surface area contributed by atoms with Gasteiger partial charge in [-0.15, -0.1) is 0 Å². The highest BCUT2D eigenvalue weighted by atomic mass is 19.1. The smallest absolute Gasteiger partial charge is 0.326 e. The zero-order chi connectivity index (χ0) is 15.4. The van der Waals surface area contributed by atoms with Crippen molar-refractivity contribution in [2.45, 2.75) is 6.54 Å². The molecule has 0 aliphatic carbocycles. The van der Waals surface area contributed by atoms with Crippen molar-refractivity contribution in [3.8, 4) is 0 Å². The summed E-state index contributed by atoms with van der Waals surface area (Å²) in [5.74, 6) is -1.48. The van der Waals surface area contributed by atoms with Crippen molar-refractivity contribution in [2.24, 2.45) is 0 Å². The molecule has 2 amide bonds. The second-order valence-corrected chi connectivity index (χ2v) is 4.29. The van der Waals surface area contributed by atoms with Gasteiger partial charge in [-0.25, -0.2) is 9.18 Å². The highest BCUT2D eigenvalue weighted by Gasteiger charge is 2.12. The zero-order valence-corrected chi connectivity index (χ0v) is 11.2. The molecule has 2 N–H and O–H groups in total. The average Bonchev–Trinajstić information content (AvgIpc) is 2.84. The van der Waals surface area contributed by atoms with Crippen molar-refractivity contribution >= 4 is 23.4 Å². The minimum Gasteiger partial charge on any atom is -0.480 e. The van der Waals surface area contributed by atoms with E-state index in [1.807, 2.05) is 0 Å². The molecule has 0 fully saturated rings. The van der Waals surface area contributed by atoms with Gasteiger partial charge in [0.2, 0.25) is 0 Å². The van der Waals surface area contributed by atoms with E-state index in [9.17, 15) is 14.0 Å². The minimum absolute atomic E-state index is 0.296. The Hall–Kier alpha value is -2.90. The van der Waals surface area contributed by atoms with E-state index in [4.69, 9.17) is 5.11 Å². The molecule has 7 nitrogen and oxygen atoms in total. The molecule has 0 saturated carbocycles. The number of urea groups is 1. The number of carbonyl (C=O) groups is 2. The van der Waals surface area contributed by atoms with Crippen LogP contribution in [-0.2, 0) is 11.3 Å². The SMILES string of the molecule is CN(C(=O)Nc1cnn(CC(=O)O)c1)c1cccc(F)c1. The maximum Gasteiger partial charge on any atom is 0.326 e. The molecule has 0 unspecified atom stereocenters. The lowest BCUT2D eigenvalue weighted by molar-refractivity contribution is -0.137. The fraction of sp³-hybridized carbons (Fsp3) is 0.154. The predicted molar refractivity (Wildman–Crippen MR) is 73.7 cm³/mol. The van der Waals surface area contributed by atoms with Gasteiger partial charge in [-0.05, 0) is 18.2 Å². The van der Waals surface area contributed by atoms with Crippen LogP contribution in [-0.4, -0.2) is 33.9 Å². The Morgan fingerprint density at radius 1 is 1.48 bits per heavy atom. The number of anilines is 2. The first-order valence-electron chi connectivity index (χ1n) is 6.00. The van der Waals surface area contributed by atoms with Gasteiger partial charge in [0.15, 0.2) is 0 Å². The number of aromatic nitrogens is 2. The lowest BCUT2D eigenvalue weighted by atomic mass is 10.3. The van der Waals surface area contributed by atoms with E-state index in [2.05, 4.69) is 10.4 Å². The number of halogens is 1. The number of carbonyl (C=O) groups excluding carboxylic acids is 1. The van der Waals surface area contributed by atoms with Crippen molar-refractivity contribution in [1.82, 2.24) is 9.78 Å². The Morgan fingerprint density at radius 3 is 2.90 bits per heavy atom. The summed E-state index contributed by atoms with van der Waals surface area (Å²) in [5, 5.41) is 15.0. The number of rotatable bonds is 4. The molecule has 1 aromatic carbocycles. The largest absolute Gasteiger partial charge is 0.480 e. The highest BCUT2D eigenvalue weighted by molar-refractivity contribution is 6.01. The van der Waals surface area contributed by atoms with Crippen molar-refractivity contribution in [1.29, 1.82) is 0 Å². The molecule has 2 aromatic rings. The second-order valence-electron chi connectivity index (χ2n) is 4.29. The average molecular weight is 292 g/mol. The molecule has 0 spiro atoms. The first-order chi connectivity index (χ1) is 9.95. The Morgan fingerprint density at radius 2 is 2.24 bits per heavy atom. The van der Waals surface area contributed by atoms with E-state index >= 15 is 0 Å². The van der Waals surface area contributed by atoms with Gasteiger partial charge in [-0.3, -0.25) is 14.4 Å². The Bertz CT molecular complexity index is 671. The first kappa shape index (κ1) is 14.5. The first-order valence-corrected chi connectivity index (χ1v) is 6.00. The van der Waals surface area contributed by atoms with Gasteiger partial charge in [0, 0.05) is 18.9 Å². The van der Waals surface area contributed by atoms with E-state index in [0.717, 1.165) is 0 Å². The number of carboxylic acids is 1. The summed E-state index contributed by atoms with van der Waals surface area (Å²) in [6.45, 7) is -0.296. The summed E-state index contributed by atoms with van der Waals surface area (Å²) in [6, 6.07) is 5.12. The summed E-state index contributed by atoms with van der Waals surface area (Å²) in [7, 11) is 1.49. The molecule has 1 aromatic heterocycles. The van der Waals surface area contributed by atoms with Gasteiger partial charge >= 0.3 is 12.0 Å². The van der Waals surface area contributed by atoms with Crippen LogP contribution in [0.4, 0.5) is 20.6 Å². The van der Waals surface area contributed by atoms with Gasteiger partial charge in [0.25, 0.3) is 0 Å². The maximum absolute atomic E-state index is 13.1. The van der Waals surface area contributed by atoms with Crippen LogP contribution in [0.5, 0.6) is 0 Å². The second kappa shape index (κ2) is 6.04. The lowest BCUT2D eigenvalue weighted by Crippen LogP contribution is -2.31. The summed E-state index contributed by atoms with van der Waals surface area (Å²) >= 11 is 0. The van der Waals surface area contributed by atoms with Gasteiger partial charge in [-0.1, -0.05) is 6.07 Å². The van der Waals surface area contributed by atoms with Crippen LogP contribution in [0, 0.1) is 5.82 Å². The molecule has 0 radical (unpaired) electrons. The standard InChI is InChI=1S/C13H13FN4O3/c1-17(11-4-2-3-9(14)5-11)13(21)16-10-6-15-18(7-10)8-12(19)20/h2-7H,8H2,1H3,(H,16,21)(H,19,20). The molecule has 0 aliphatic heterocycles. The number of hydrogen-bond donors (Lipinski definition) is 2. The van der Waals surface area contributed by atoms with Crippen LogP contribution in [0.25, 0.3) is 0 Å². The number of hydrogen-bond acceptors (Lipinski definition) is 3. The Kier molecular flexibility index (Phi) is 4.17. The van der Waals surface area contributed by atoms with Crippen LogP contribution in [0.2, 0.25) is 0 Å². The molecule has 0 aliphatic rings. The highest BCUT2D eigenvalue weighted by Crippen LogP contribution is 2.15. The summed E-state index contributed by atoms with van der Waals surface area (Å²) in [4.78, 5) is 23.8. The van der Waals surface area contributed by atoms with Crippen LogP contribution in [0.1, 0.15) is 0 Å². The van der Waals surface area contributed by atoms with Crippen LogP contribution in [0.15, 0.2) is 36.7 Å². The number of carboxylic acid groups (broad SMARTS) is 1.